The van der Waals surface area contributed by atoms with Crippen LogP contribution in [0.15, 0.2) is 24.3 Å². The fourth-order valence-electron chi connectivity index (χ4n) is 0.773. The highest BCUT2D eigenvalue weighted by Gasteiger charge is 2.16. The van der Waals surface area contributed by atoms with Gasteiger partial charge in [-0.25, -0.2) is 4.79 Å². The molecule has 0 saturated carbocycles. The Morgan fingerprint density at radius 2 is 2.00 bits per heavy atom. The van der Waals surface area contributed by atoms with E-state index in [2.05, 4.69) is 20.7 Å². The van der Waals surface area contributed by atoms with Gasteiger partial charge >= 0.3 is 5.97 Å². The van der Waals surface area contributed by atoms with Crippen molar-refractivity contribution in [1.82, 2.24) is 0 Å². The number of esters is 1. The van der Waals surface area contributed by atoms with E-state index in [9.17, 15) is 4.79 Å². The van der Waals surface area contributed by atoms with E-state index in [1.807, 2.05) is 0 Å². The Morgan fingerprint density at radius 3 is 2.50 bits per heavy atom. The molecule has 3 nitrogen and oxygen atoms in total. The standard InChI is InChI=1S/C9H8BrClO3/c1-13-9(12)8(10)14-7-4-2-6(11)3-5-7/h2-5,8H,1H3. The Morgan fingerprint density at radius 1 is 1.43 bits per heavy atom. The van der Waals surface area contributed by atoms with Crippen LogP contribution in [0.4, 0.5) is 0 Å². The SMILES string of the molecule is COC(=O)C(Br)Oc1ccc(Cl)cc1. The highest BCUT2D eigenvalue weighted by molar-refractivity contribution is 9.09. The predicted octanol–water partition coefficient (Wildman–Crippen LogP) is 2.61. The van der Waals surface area contributed by atoms with Gasteiger partial charge in [-0.05, 0) is 40.2 Å². The zero-order valence-electron chi connectivity index (χ0n) is 7.37. The first-order valence-corrected chi connectivity index (χ1v) is 5.07. The number of carbonyl (C=O) groups is 1. The van der Waals surface area contributed by atoms with Crippen molar-refractivity contribution < 1.29 is 14.3 Å². The summed E-state index contributed by atoms with van der Waals surface area (Å²) in [4.78, 5) is 11.0. The number of benzene rings is 1. The monoisotopic (exact) mass is 278 g/mol. The van der Waals surface area contributed by atoms with E-state index in [1.165, 1.54) is 7.11 Å². The normalized spacial score (nSPS) is 11.9. The van der Waals surface area contributed by atoms with Crippen molar-refractivity contribution in [3.8, 4) is 5.75 Å². The van der Waals surface area contributed by atoms with Gasteiger partial charge in [0.2, 0.25) is 5.01 Å². The summed E-state index contributed by atoms with van der Waals surface area (Å²) < 4.78 is 9.68. The minimum Gasteiger partial charge on any atom is -0.467 e. The van der Waals surface area contributed by atoms with E-state index in [1.54, 1.807) is 24.3 Å². The first-order chi connectivity index (χ1) is 6.63. The molecule has 0 radical (unpaired) electrons. The van der Waals surface area contributed by atoms with Gasteiger partial charge in [-0.1, -0.05) is 11.6 Å². The van der Waals surface area contributed by atoms with E-state index >= 15 is 0 Å². The minimum absolute atomic E-state index is 0.486. The summed E-state index contributed by atoms with van der Waals surface area (Å²) >= 11 is 8.71. The van der Waals surface area contributed by atoms with E-state index in [-0.39, 0.29) is 0 Å². The predicted molar refractivity (Wildman–Crippen MR) is 56.8 cm³/mol. The van der Waals surface area contributed by atoms with Gasteiger partial charge in [-0.2, -0.15) is 0 Å². The molecule has 1 unspecified atom stereocenters. The molecule has 0 amide bonds. The van der Waals surface area contributed by atoms with Gasteiger partial charge in [-0.15, -0.1) is 0 Å². The maximum absolute atomic E-state index is 11.0. The highest BCUT2D eigenvalue weighted by atomic mass is 79.9. The molecule has 0 aliphatic rings. The van der Waals surface area contributed by atoms with Crippen molar-refractivity contribution in [2.75, 3.05) is 7.11 Å². The maximum Gasteiger partial charge on any atom is 0.358 e. The fraction of sp³-hybridized carbons (Fsp3) is 0.222. The number of alkyl halides is 1. The van der Waals surface area contributed by atoms with Crippen molar-refractivity contribution in [2.45, 2.75) is 5.01 Å². The summed E-state index contributed by atoms with van der Waals surface area (Å²) in [7, 11) is 1.29. The van der Waals surface area contributed by atoms with Crippen LogP contribution in [0.2, 0.25) is 5.02 Å². The molecular formula is C9H8BrClO3. The Hall–Kier alpha value is -0.740. The molecule has 1 rings (SSSR count). The number of rotatable bonds is 3. The van der Waals surface area contributed by atoms with Crippen LogP contribution in [0.25, 0.3) is 0 Å². The van der Waals surface area contributed by atoms with Crippen LogP contribution in [-0.2, 0) is 9.53 Å². The molecule has 14 heavy (non-hydrogen) atoms. The lowest BCUT2D eigenvalue weighted by atomic mass is 10.3. The molecule has 0 fully saturated rings. The lowest BCUT2D eigenvalue weighted by Crippen LogP contribution is -2.21. The van der Waals surface area contributed by atoms with Crippen LogP contribution in [0, 0.1) is 0 Å². The summed E-state index contributed by atoms with van der Waals surface area (Å²) in [5, 5.41) is -0.185. The van der Waals surface area contributed by atoms with Crippen molar-refractivity contribution in [1.29, 1.82) is 0 Å². The Kier molecular flexibility index (Phi) is 4.22. The summed E-state index contributed by atoms with van der Waals surface area (Å²) in [5.74, 6) is 0.0571. The van der Waals surface area contributed by atoms with E-state index in [0.717, 1.165) is 0 Å². The van der Waals surface area contributed by atoms with Crippen LogP contribution in [0.1, 0.15) is 0 Å². The molecule has 0 aliphatic carbocycles. The topological polar surface area (TPSA) is 35.5 Å². The lowest BCUT2D eigenvalue weighted by Gasteiger charge is -2.10. The van der Waals surface area contributed by atoms with Gasteiger partial charge in [0.25, 0.3) is 0 Å². The summed E-state index contributed by atoms with van der Waals surface area (Å²) in [6, 6.07) is 6.68. The van der Waals surface area contributed by atoms with Crippen molar-refractivity contribution in [3.05, 3.63) is 29.3 Å². The third-order valence-electron chi connectivity index (χ3n) is 1.44. The van der Waals surface area contributed by atoms with Gasteiger partial charge in [0.1, 0.15) is 5.75 Å². The number of methoxy groups -OCH3 is 1. The van der Waals surface area contributed by atoms with E-state index < -0.39 is 11.0 Å². The van der Waals surface area contributed by atoms with Crippen molar-refractivity contribution in [2.24, 2.45) is 0 Å². The number of hydrogen-bond donors (Lipinski definition) is 0. The van der Waals surface area contributed by atoms with Gasteiger partial charge < -0.3 is 9.47 Å². The third kappa shape index (κ3) is 3.20. The highest BCUT2D eigenvalue weighted by Crippen LogP contribution is 2.18. The average Bonchev–Trinajstić information content (AvgIpc) is 2.20. The largest absolute Gasteiger partial charge is 0.467 e. The van der Waals surface area contributed by atoms with Crippen LogP contribution >= 0.6 is 27.5 Å². The second-order valence-electron chi connectivity index (χ2n) is 2.41. The summed E-state index contributed by atoms with van der Waals surface area (Å²) in [5.41, 5.74) is 0. The smallest absolute Gasteiger partial charge is 0.358 e. The van der Waals surface area contributed by atoms with Crippen LogP contribution in [0.5, 0.6) is 5.75 Å². The molecule has 1 aromatic rings. The van der Waals surface area contributed by atoms with Gasteiger partial charge in [0.15, 0.2) is 0 Å². The molecule has 1 atom stereocenters. The fourth-order valence-corrected chi connectivity index (χ4v) is 1.30. The summed E-state index contributed by atoms with van der Waals surface area (Å²) in [6.45, 7) is 0. The van der Waals surface area contributed by atoms with Gasteiger partial charge in [-0.3, -0.25) is 0 Å². The molecule has 76 valence electrons. The van der Waals surface area contributed by atoms with Gasteiger partial charge in [0, 0.05) is 5.02 Å². The molecule has 0 spiro atoms. The number of ether oxygens (including phenoxy) is 2. The molecule has 0 bridgehead atoms. The first-order valence-electron chi connectivity index (χ1n) is 3.77. The molecule has 1 aromatic carbocycles. The van der Waals surface area contributed by atoms with Crippen molar-refractivity contribution in [3.63, 3.8) is 0 Å². The molecule has 0 aliphatic heterocycles. The maximum atomic E-state index is 11.0. The summed E-state index contributed by atoms with van der Waals surface area (Å²) in [6.07, 6.45) is 0. The first kappa shape index (κ1) is 11.3. The second-order valence-corrected chi connectivity index (χ2v) is 3.68. The Balaban J connectivity index is 2.60. The zero-order chi connectivity index (χ0) is 10.6. The van der Waals surface area contributed by atoms with Gasteiger partial charge in [0.05, 0.1) is 7.11 Å². The number of carbonyl (C=O) groups excluding carboxylic acids is 1. The average molecular weight is 280 g/mol. The van der Waals surface area contributed by atoms with Crippen LogP contribution < -0.4 is 4.74 Å². The quantitative estimate of drug-likeness (QED) is 0.630. The van der Waals surface area contributed by atoms with Crippen LogP contribution in [0.3, 0.4) is 0 Å². The Bertz CT molecular complexity index is 312. The molecule has 0 heterocycles. The second kappa shape index (κ2) is 5.22. The van der Waals surface area contributed by atoms with Crippen LogP contribution in [-0.4, -0.2) is 18.1 Å². The molecule has 0 N–H and O–H groups in total. The Labute approximate surface area is 95.1 Å². The minimum atomic E-state index is -0.798. The molecular weight excluding hydrogens is 271 g/mol. The van der Waals surface area contributed by atoms with Crippen molar-refractivity contribution >= 4 is 33.5 Å². The third-order valence-corrected chi connectivity index (χ3v) is 2.25. The number of hydrogen-bond acceptors (Lipinski definition) is 3. The van der Waals surface area contributed by atoms with E-state index in [0.29, 0.717) is 10.8 Å². The lowest BCUT2D eigenvalue weighted by molar-refractivity contribution is -0.144. The zero-order valence-corrected chi connectivity index (χ0v) is 9.71. The van der Waals surface area contributed by atoms with E-state index in [4.69, 9.17) is 16.3 Å². The number of halogens is 2. The molecule has 0 aromatic heterocycles. The molecule has 5 heteroatoms. The molecule has 0 saturated heterocycles.